The van der Waals surface area contributed by atoms with Gasteiger partial charge < -0.3 is 15.4 Å². The molecule has 1 aromatic carbocycles. The van der Waals surface area contributed by atoms with Gasteiger partial charge in [0, 0.05) is 18.8 Å². The lowest BCUT2D eigenvalue weighted by molar-refractivity contribution is 0.0316. The number of anilines is 1. The summed E-state index contributed by atoms with van der Waals surface area (Å²) < 4.78 is 32.0. The van der Waals surface area contributed by atoms with E-state index in [1.165, 1.54) is 0 Å². The summed E-state index contributed by atoms with van der Waals surface area (Å²) in [5, 5.41) is 0. The lowest BCUT2D eigenvalue weighted by Gasteiger charge is -2.13. The highest BCUT2D eigenvalue weighted by Crippen LogP contribution is 2.20. The van der Waals surface area contributed by atoms with Crippen LogP contribution < -0.4 is 5.73 Å². The highest BCUT2D eigenvalue weighted by atomic mass is 19.1. The minimum Gasteiger partial charge on any atom is -0.457 e. The van der Waals surface area contributed by atoms with Crippen LogP contribution in [0.1, 0.15) is 16.8 Å². The molecule has 0 aromatic heterocycles. The van der Waals surface area contributed by atoms with Crippen LogP contribution in [0.25, 0.3) is 0 Å². The number of hydrogen-bond donors (Lipinski definition) is 1. The molecule has 1 saturated heterocycles. The Morgan fingerprint density at radius 1 is 1.44 bits per heavy atom. The molecule has 4 nitrogen and oxygen atoms in total. The van der Waals surface area contributed by atoms with Crippen molar-refractivity contribution in [3.05, 3.63) is 29.3 Å². The third-order valence-corrected chi connectivity index (χ3v) is 2.89. The molecule has 98 valence electrons. The third-order valence-electron chi connectivity index (χ3n) is 2.89. The quantitative estimate of drug-likeness (QED) is 0.642. The van der Waals surface area contributed by atoms with Crippen molar-refractivity contribution in [3.8, 4) is 0 Å². The van der Waals surface area contributed by atoms with E-state index in [1.54, 1.807) is 0 Å². The molecule has 18 heavy (non-hydrogen) atoms. The Hall–Kier alpha value is -1.69. The van der Waals surface area contributed by atoms with Gasteiger partial charge in [0.1, 0.15) is 23.3 Å². The molecule has 0 bridgehead atoms. The third kappa shape index (κ3) is 2.59. The summed E-state index contributed by atoms with van der Waals surface area (Å²) in [6, 6.07) is 1.81. The molecule has 2 N–H and O–H groups in total. The molecule has 1 unspecified atom stereocenters. The summed E-state index contributed by atoms with van der Waals surface area (Å²) in [6.07, 6.45) is 0.347. The number of carbonyl (C=O) groups is 1. The zero-order chi connectivity index (χ0) is 13.3. The van der Waals surface area contributed by atoms with Crippen molar-refractivity contribution in [2.24, 2.45) is 0 Å². The van der Waals surface area contributed by atoms with E-state index in [-0.39, 0.29) is 11.8 Å². The first-order valence-corrected chi connectivity index (χ1v) is 5.61. The fraction of sp³-hybridized carbons (Fsp3) is 0.417. The fourth-order valence-corrected chi connectivity index (χ4v) is 1.99. The average molecular weight is 256 g/mol. The van der Waals surface area contributed by atoms with Crippen LogP contribution in [0.4, 0.5) is 14.5 Å². The van der Waals surface area contributed by atoms with E-state index >= 15 is 0 Å². The number of ether oxygens (including phenoxy) is 1. The molecule has 0 radical (unpaired) electrons. The predicted molar refractivity (Wildman–Crippen MR) is 62.1 cm³/mol. The molecule has 1 aliphatic heterocycles. The molecular formula is C12H14F2N2O2. The van der Waals surface area contributed by atoms with E-state index in [1.807, 2.05) is 11.9 Å². The molecule has 0 amide bonds. The zero-order valence-corrected chi connectivity index (χ0v) is 9.95. The Labute approximate surface area is 103 Å². The van der Waals surface area contributed by atoms with Crippen molar-refractivity contribution in [2.45, 2.75) is 12.5 Å². The number of carbonyl (C=O) groups excluding carboxylic acids is 1. The van der Waals surface area contributed by atoms with Crippen molar-refractivity contribution in [3.63, 3.8) is 0 Å². The lowest BCUT2D eigenvalue weighted by atomic mass is 10.1. The first-order valence-electron chi connectivity index (χ1n) is 5.61. The van der Waals surface area contributed by atoms with Crippen molar-refractivity contribution < 1.29 is 18.3 Å². The summed E-state index contributed by atoms with van der Waals surface area (Å²) in [7, 11) is 1.89. The van der Waals surface area contributed by atoms with Gasteiger partial charge in [0.25, 0.3) is 0 Å². The van der Waals surface area contributed by atoms with Gasteiger partial charge in [-0.3, -0.25) is 0 Å². The molecule has 1 fully saturated rings. The Bertz CT molecular complexity index is 456. The Morgan fingerprint density at radius 3 is 2.56 bits per heavy atom. The number of benzene rings is 1. The van der Waals surface area contributed by atoms with Crippen LogP contribution in [0.5, 0.6) is 0 Å². The summed E-state index contributed by atoms with van der Waals surface area (Å²) in [5.41, 5.74) is 4.52. The van der Waals surface area contributed by atoms with Crippen LogP contribution in [-0.2, 0) is 4.74 Å². The number of nitrogens with two attached hydrogens (primary N) is 1. The lowest BCUT2D eigenvalue weighted by Crippen LogP contribution is -2.23. The fourth-order valence-electron chi connectivity index (χ4n) is 1.99. The number of esters is 1. The van der Waals surface area contributed by atoms with Gasteiger partial charge in [-0.2, -0.15) is 0 Å². The number of nitrogen functional groups attached to an aromatic ring is 1. The van der Waals surface area contributed by atoms with Crippen LogP contribution in [-0.4, -0.2) is 37.1 Å². The number of rotatable bonds is 2. The standard InChI is InChI=1S/C12H14F2N2O2/c1-16-3-2-8(6-16)18-12(17)11-9(13)4-7(15)5-10(11)14/h4-5,8H,2-3,6,15H2,1H3. The minimum atomic E-state index is -0.996. The largest absolute Gasteiger partial charge is 0.457 e. The maximum Gasteiger partial charge on any atom is 0.344 e. The summed E-state index contributed by atoms with van der Waals surface area (Å²) in [5.74, 6) is -2.97. The van der Waals surface area contributed by atoms with E-state index in [4.69, 9.17) is 10.5 Å². The highest BCUT2D eigenvalue weighted by Gasteiger charge is 2.27. The van der Waals surface area contributed by atoms with Crippen LogP contribution >= 0.6 is 0 Å². The van der Waals surface area contributed by atoms with Gasteiger partial charge in [-0.1, -0.05) is 0 Å². The monoisotopic (exact) mass is 256 g/mol. The summed E-state index contributed by atoms with van der Waals surface area (Å²) in [4.78, 5) is 13.7. The topological polar surface area (TPSA) is 55.6 Å². The van der Waals surface area contributed by atoms with Gasteiger partial charge in [0.2, 0.25) is 0 Å². The maximum absolute atomic E-state index is 13.5. The zero-order valence-electron chi connectivity index (χ0n) is 9.95. The average Bonchev–Trinajstić information content (AvgIpc) is 2.62. The van der Waals surface area contributed by atoms with Gasteiger partial charge in [-0.05, 0) is 25.6 Å². The van der Waals surface area contributed by atoms with E-state index in [0.29, 0.717) is 13.0 Å². The first-order chi connectivity index (χ1) is 8.47. The van der Waals surface area contributed by atoms with Crippen molar-refractivity contribution in [2.75, 3.05) is 25.9 Å². The molecule has 1 heterocycles. The Morgan fingerprint density at radius 2 is 2.06 bits per heavy atom. The van der Waals surface area contributed by atoms with Crippen molar-refractivity contribution >= 4 is 11.7 Å². The van der Waals surface area contributed by atoms with Gasteiger partial charge in [0.15, 0.2) is 0 Å². The van der Waals surface area contributed by atoms with Gasteiger partial charge in [0.05, 0.1) is 0 Å². The molecule has 0 saturated carbocycles. The second-order valence-corrected chi connectivity index (χ2v) is 4.44. The molecule has 6 heteroatoms. The summed E-state index contributed by atoms with van der Waals surface area (Å²) >= 11 is 0. The number of halogens is 2. The molecule has 1 aliphatic rings. The molecule has 1 atom stereocenters. The van der Waals surface area contributed by atoms with Gasteiger partial charge in [-0.25, -0.2) is 13.6 Å². The number of likely N-dealkylation sites (N-methyl/N-ethyl adjacent to an activating group) is 1. The normalized spacial score (nSPS) is 20.1. The molecule has 1 aromatic rings. The second kappa shape index (κ2) is 4.89. The van der Waals surface area contributed by atoms with Crippen LogP contribution in [0.2, 0.25) is 0 Å². The van der Waals surface area contributed by atoms with Crippen molar-refractivity contribution in [1.29, 1.82) is 0 Å². The highest BCUT2D eigenvalue weighted by molar-refractivity contribution is 5.90. The molecule has 0 aliphatic carbocycles. The minimum absolute atomic E-state index is 0.0675. The van der Waals surface area contributed by atoms with E-state index < -0.39 is 23.2 Å². The summed E-state index contributed by atoms with van der Waals surface area (Å²) in [6.45, 7) is 1.37. The van der Waals surface area contributed by atoms with Crippen LogP contribution in [0.3, 0.4) is 0 Å². The number of hydrogen-bond acceptors (Lipinski definition) is 4. The van der Waals surface area contributed by atoms with Crippen LogP contribution in [0, 0.1) is 11.6 Å². The first kappa shape index (κ1) is 12.8. The van der Waals surface area contributed by atoms with Gasteiger partial charge >= 0.3 is 5.97 Å². The second-order valence-electron chi connectivity index (χ2n) is 4.44. The number of likely N-dealkylation sites (tertiary alicyclic amines) is 1. The Balaban J connectivity index is 2.14. The van der Waals surface area contributed by atoms with Crippen molar-refractivity contribution in [1.82, 2.24) is 4.90 Å². The van der Waals surface area contributed by atoms with E-state index in [9.17, 15) is 13.6 Å². The maximum atomic E-state index is 13.5. The smallest absolute Gasteiger partial charge is 0.344 e. The Kier molecular flexibility index (Phi) is 3.47. The van der Waals surface area contributed by atoms with E-state index in [0.717, 1.165) is 18.7 Å². The molecule has 0 spiro atoms. The van der Waals surface area contributed by atoms with Crippen LogP contribution in [0.15, 0.2) is 12.1 Å². The molecular weight excluding hydrogens is 242 g/mol. The van der Waals surface area contributed by atoms with E-state index in [2.05, 4.69) is 0 Å². The number of nitrogens with zero attached hydrogens (tertiary/aromatic N) is 1. The SMILES string of the molecule is CN1CCC(OC(=O)c2c(F)cc(N)cc2F)C1. The predicted octanol–water partition coefficient (Wildman–Crippen LogP) is 1.41. The molecule has 2 rings (SSSR count). The van der Waals surface area contributed by atoms with Gasteiger partial charge in [-0.15, -0.1) is 0 Å².